The van der Waals surface area contributed by atoms with Crippen LogP contribution in [-0.4, -0.2) is 43.6 Å². The average Bonchev–Trinajstić information content (AvgIpc) is 2.99. The van der Waals surface area contributed by atoms with Crippen LogP contribution in [0.2, 0.25) is 0 Å². The Morgan fingerprint density at radius 3 is 2.95 bits per heavy atom. The van der Waals surface area contributed by atoms with Crippen LogP contribution in [0.4, 0.5) is 5.95 Å². The molecule has 3 heterocycles. The first kappa shape index (κ1) is 15.2. The minimum absolute atomic E-state index is 0.102. The molecule has 1 saturated heterocycles. The number of H-pyrrole nitrogens is 1. The van der Waals surface area contributed by atoms with Gasteiger partial charge in [-0.15, -0.1) is 0 Å². The molecule has 0 amide bonds. The largest absolute Gasteiger partial charge is 0.394 e. The van der Waals surface area contributed by atoms with Crippen molar-refractivity contribution in [3.8, 4) is 0 Å². The third-order valence-corrected chi connectivity index (χ3v) is 4.75. The number of anilines is 1. The zero-order chi connectivity index (χ0) is 16.0. The van der Waals surface area contributed by atoms with Crippen LogP contribution in [0, 0.1) is 5.92 Å². The number of thiazole rings is 1. The third kappa shape index (κ3) is 2.33. The Hall–Kier alpha value is -1.75. The summed E-state index contributed by atoms with van der Waals surface area (Å²) in [6.07, 6.45) is -1.62. The number of fused-ring (bicyclic) bond motifs is 1. The van der Waals surface area contributed by atoms with Crippen LogP contribution in [0.1, 0.15) is 19.6 Å². The van der Waals surface area contributed by atoms with E-state index in [1.165, 1.54) is 4.57 Å². The number of aliphatic hydroxyl groups is 2. The van der Waals surface area contributed by atoms with Crippen molar-refractivity contribution >= 4 is 27.6 Å². The van der Waals surface area contributed by atoms with Crippen molar-refractivity contribution in [2.24, 2.45) is 5.92 Å². The Labute approximate surface area is 128 Å². The first-order chi connectivity index (χ1) is 10.4. The molecule has 0 bridgehead atoms. The Kier molecular flexibility index (Phi) is 3.77. The summed E-state index contributed by atoms with van der Waals surface area (Å²) in [6, 6.07) is 0. The SMILES string of the molecule is CC(O)[C@@H]1C[C@@H](CO)O[C@H]1n1c(=O)sc2c(=O)[nH]c(N)nc21. The summed E-state index contributed by atoms with van der Waals surface area (Å²) in [5.74, 6) is -0.496. The quantitative estimate of drug-likeness (QED) is 0.566. The second-order valence-corrected chi connectivity index (χ2v) is 6.27. The fraction of sp³-hybridized carbons (Fsp3) is 0.583. The lowest BCUT2D eigenvalue weighted by atomic mass is 9.98. The molecule has 2 aromatic heterocycles. The molecule has 1 fully saturated rings. The van der Waals surface area contributed by atoms with Crippen LogP contribution in [0.15, 0.2) is 9.59 Å². The lowest BCUT2D eigenvalue weighted by molar-refractivity contribution is -0.0467. The molecule has 0 saturated carbocycles. The standard InChI is InChI=1S/C12H16N4O5S/c1-4(18)6-2-5(3-17)21-10(6)16-8-7(22-12(16)20)9(19)15-11(13)14-8/h4-6,10,17-18H,2-3H2,1H3,(H3,13,14,15,19)/t4?,5-,6-,10+/m0/s1. The van der Waals surface area contributed by atoms with Crippen molar-refractivity contribution in [3.05, 3.63) is 20.0 Å². The second-order valence-electron chi connectivity index (χ2n) is 5.31. The monoisotopic (exact) mass is 328 g/mol. The van der Waals surface area contributed by atoms with Crippen molar-refractivity contribution in [2.75, 3.05) is 12.3 Å². The Balaban J connectivity index is 2.19. The topological polar surface area (TPSA) is 143 Å². The molecule has 9 nitrogen and oxygen atoms in total. The van der Waals surface area contributed by atoms with Gasteiger partial charge in [0.25, 0.3) is 5.56 Å². The van der Waals surface area contributed by atoms with Gasteiger partial charge in [-0.25, -0.2) is 0 Å². The predicted octanol–water partition coefficient (Wildman–Crippen LogP) is -0.995. The van der Waals surface area contributed by atoms with Crippen molar-refractivity contribution in [2.45, 2.75) is 31.8 Å². The molecule has 4 atom stereocenters. The number of aromatic nitrogens is 3. The summed E-state index contributed by atoms with van der Waals surface area (Å²) < 4.78 is 7.05. The van der Waals surface area contributed by atoms with Crippen LogP contribution in [-0.2, 0) is 4.74 Å². The highest BCUT2D eigenvalue weighted by Gasteiger charge is 2.40. The minimum Gasteiger partial charge on any atom is -0.394 e. The molecule has 2 aromatic rings. The van der Waals surface area contributed by atoms with Gasteiger partial charge < -0.3 is 20.7 Å². The maximum absolute atomic E-state index is 12.3. The maximum atomic E-state index is 12.3. The fourth-order valence-electron chi connectivity index (χ4n) is 2.75. The summed E-state index contributed by atoms with van der Waals surface area (Å²) >= 11 is 0.745. The van der Waals surface area contributed by atoms with E-state index in [0.717, 1.165) is 11.3 Å². The highest BCUT2D eigenvalue weighted by molar-refractivity contribution is 7.16. The summed E-state index contributed by atoms with van der Waals surface area (Å²) in [7, 11) is 0. The average molecular weight is 328 g/mol. The van der Waals surface area contributed by atoms with Crippen LogP contribution in [0.3, 0.4) is 0 Å². The van der Waals surface area contributed by atoms with Gasteiger partial charge in [-0.1, -0.05) is 11.3 Å². The van der Waals surface area contributed by atoms with E-state index in [0.29, 0.717) is 6.42 Å². The van der Waals surface area contributed by atoms with E-state index in [2.05, 4.69) is 9.97 Å². The molecule has 1 aliphatic heterocycles. The molecule has 1 aliphatic rings. The molecular formula is C12H16N4O5S. The molecule has 10 heteroatoms. The van der Waals surface area contributed by atoms with Gasteiger partial charge in [-0.05, 0) is 13.3 Å². The smallest absolute Gasteiger partial charge is 0.311 e. The molecule has 1 unspecified atom stereocenters. The minimum atomic E-state index is -0.799. The highest BCUT2D eigenvalue weighted by Crippen LogP contribution is 2.37. The molecule has 3 rings (SSSR count). The van der Waals surface area contributed by atoms with Crippen LogP contribution >= 0.6 is 11.3 Å². The molecule has 0 aliphatic carbocycles. The summed E-state index contributed by atoms with van der Waals surface area (Å²) in [4.78, 5) is 30.1. The van der Waals surface area contributed by atoms with Gasteiger partial charge in [0.1, 0.15) is 10.9 Å². The number of aromatic amines is 1. The maximum Gasteiger partial charge on any atom is 0.311 e. The second kappa shape index (κ2) is 5.47. The number of aliphatic hydroxyl groups excluding tert-OH is 2. The van der Waals surface area contributed by atoms with Gasteiger partial charge in [-0.3, -0.25) is 19.1 Å². The summed E-state index contributed by atoms with van der Waals surface area (Å²) in [6.45, 7) is 1.38. The normalized spacial score (nSPS) is 26.6. The van der Waals surface area contributed by atoms with E-state index >= 15 is 0 Å². The number of nitrogens with zero attached hydrogens (tertiary/aromatic N) is 2. The van der Waals surface area contributed by atoms with E-state index in [-0.39, 0.29) is 22.9 Å². The van der Waals surface area contributed by atoms with E-state index in [1.807, 2.05) is 0 Å². The number of ether oxygens (including phenoxy) is 1. The third-order valence-electron chi connectivity index (χ3n) is 3.80. The summed E-state index contributed by atoms with van der Waals surface area (Å²) in [5, 5.41) is 19.2. The molecule has 120 valence electrons. The van der Waals surface area contributed by atoms with Crippen molar-refractivity contribution < 1.29 is 14.9 Å². The Morgan fingerprint density at radius 2 is 2.32 bits per heavy atom. The van der Waals surface area contributed by atoms with Crippen LogP contribution in [0.5, 0.6) is 0 Å². The summed E-state index contributed by atoms with van der Waals surface area (Å²) in [5.41, 5.74) is 5.18. The molecular weight excluding hydrogens is 312 g/mol. The number of hydrogen-bond acceptors (Lipinski definition) is 8. The lowest BCUT2D eigenvalue weighted by Gasteiger charge is -2.21. The number of nitrogens with two attached hydrogens (primary N) is 1. The Bertz CT molecular complexity index is 810. The molecule has 0 aromatic carbocycles. The molecule has 22 heavy (non-hydrogen) atoms. The van der Waals surface area contributed by atoms with Gasteiger partial charge in [0.15, 0.2) is 5.65 Å². The van der Waals surface area contributed by atoms with Crippen molar-refractivity contribution in [1.82, 2.24) is 14.5 Å². The van der Waals surface area contributed by atoms with E-state index < -0.39 is 34.8 Å². The molecule has 0 spiro atoms. The van der Waals surface area contributed by atoms with Crippen LogP contribution < -0.4 is 16.2 Å². The lowest BCUT2D eigenvalue weighted by Crippen LogP contribution is -2.29. The van der Waals surface area contributed by atoms with E-state index in [1.54, 1.807) is 6.92 Å². The van der Waals surface area contributed by atoms with Crippen molar-refractivity contribution in [1.29, 1.82) is 0 Å². The Morgan fingerprint density at radius 1 is 1.59 bits per heavy atom. The molecule has 0 radical (unpaired) electrons. The van der Waals surface area contributed by atoms with E-state index in [9.17, 15) is 19.8 Å². The van der Waals surface area contributed by atoms with Gasteiger partial charge in [0.05, 0.1) is 18.8 Å². The molecule has 5 N–H and O–H groups in total. The number of nitrogens with one attached hydrogen (secondary N) is 1. The highest BCUT2D eigenvalue weighted by atomic mass is 32.1. The fourth-order valence-corrected chi connectivity index (χ4v) is 3.59. The first-order valence-electron chi connectivity index (χ1n) is 6.77. The first-order valence-corrected chi connectivity index (χ1v) is 7.59. The van der Waals surface area contributed by atoms with Crippen LogP contribution in [0.25, 0.3) is 10.3 Å². The van der Waals surface area contributed by atoms with Gasteiger partial charge in [0.2, 0.25) is 5.95 Å². The van der Waals surface area contributed by atoms with Gasteiger partial charge >= 0.3 is 4.87 Å². The zero-order valence-electron chi connectivity index (χ0n) is 11.7. The van der Waals surface area contributed by atoms with Crippen molar-refractivity contribution in [3.63, 3.8) is 0 Å². The predicted molar refractivity (Wildman–Crippen MR) is 79.7 cm³/mol. The van der Waals surface area contributed by atoms with Gasteiger partial charge in [0, 0.05) is 5.92 Å². The van der Waals surface area contributed by atoms with E-state index in [4.69, 9.17) is 10.5 Å². The number of hydrogen-bond donors (Lipinski definition) is 4. The van der Waals surface area contributed by atoms with Gasteiger partial charge in [-0.2, -0.15) is 4.98 Å². The number of rotatable bonds is 3. The zero-order valence-corrected chi connectivity index (χ0v) is 12.5. The number of nitrogen functional groups attached to an aromatic ring is 1.